The molecule has 16 nitrogen and oxygen atoms in total. The topological polar surface area (TPSA) is 266 Å². The molecule has 10 N–H and O–H groups in total. The molecule has 8 atom stereocenters. The lowest BCUT2D eigenvalue weighted by Gasteiger charge is -2.47. The maximum Gasteiger partial charge on any atom is 0.279 e. The summed E-state index contributed by atoms with van der Waals surface area (Å²) in [7, 11) is 0. The Morgan fingerprint density at radius 3 is 2.12 bits per heavy atom. The number of fused-ring (bicyclic) bond motifs is 8. The number of ketones is 1. The fourth-order valence-corrected chi connectivity index (χ4v) is 7.29. The first-order chi connectivity index (χ1) is 24.8. The SMILES string of the molecule is O=C1CC(c2ccc(O)c(O)c2)Oc2c1c(O)cc1c2C2CC(c3ccc(O)c(O)c3)(Oc3cc(O[C@@H]4O[C@H](CO)[C@@H](O)[C@H](O)[C@H]4O)cc(O)c32)O1. The summed E-state index contributed by atoms with van der Waals surface area (Å²) >= 11 is 0. The predicted octanol–water partition coefficient (Wildman–Crippen LogP) is 1.97. The van der Waals surface area contributed by atoms with Crippen molar-refractivity contribution in [2.45, 2.75) is 61.4 Å². The summed E-state index contributed by atoms with van der Waals surface area (Å²) in [6, 6.07) is 11.5. The molecule has 0 radical (unpaired) electrons. The highest BCUT2D eigenvalue weighted by Gasteiger charge is 2.54. The standard InChI is InChI=1S/C36H32O16/c37-12-27-31(45)32(46)33(47)35(50-27)48-15-7-21(42)28-16-11-36(51-25(28)8-15,14-2-4-18(39)20(41)6-14)52-26-10-23(44)30-22(43)9-24(49-34(30)29(16)26)13-1-3-17(38)19(40)5-13/h1-8,10,16,24,27,31-33,35,37-42,44-47H,9,11-12H2/t16?,24?,27-,31-,32+,33-,35-,36?/m1/s1. The van der Waals surface area contributed by atoms with Crippen molar-refractivity contribution in [1.82, 2.24) is 0 Å². The van der Waals surface area contributed by atoms with Crippen molar-refractivity contribution in [2.75, 3.05) is 6.61 Å². The maximum absolute atomic E-state index is 13.6. The third-order valence-electron chi connectivity index (χ3n) is 9.87. The average Bonchev–Trinajstić information content (AvgIpc) is 3.10. The van der Waals surface area contributed by atoms with Gasteiger partial charge in [0.15, 0.2) is 28.8 Å². The Kier molecular flexibility index (Phi) is 7.70. The summed E-state index contributed by atoms with van der Waals surface area (Å²) in [5.74, 6) is -6.08. The van der Waals surface area contributed by atoms with Crippen LogP contribution in [-0.4, -0.2) is 94.2 Å². The molecule has 2 bridgehead atoms. The number of aromatic hydroxyl groups is 6. The fourth-order valence-electron chi connectivity index (χ4n) is 7.29. The van der Waals surface area contributed by atoms with Crippen LogP contribution in [0.1, 0.15) is 57.5 Å². The number of carbonyl (C=O) groups excluding carboxylic acids is 1. The van der Waals surface area contributed by atoms with E-state index in [1.807, 2.05) is 0 Å². The van der Waals surface area contributed by atoms with Crippen molar-refractivity contribution in [3.8, 4) is 57.5 Å². The number of hydrogen-bond acceptors (Lipinski definition) is 16. The minimum absolute atomic E-state index is 0.00577. The molecule has 1 fully saturated rings. The van der Waals surface area contributed by atoms with Crippen molar-refractivity contribution in [1.29, 1.82) is 0 Å². The quantitative estimate of drug-likeness (QED) is 0.132. The van der Waals surface area contributed by atoms with E-state index in [-0.39, 0.29) is 63.8 Å². The molecule has 4 aliphatic heterocycles. The van der Waals surface area contributed by atoms with E-state index in [0.717, 1.165) is 0 Å². The smallest absolute Gasteiger partial charge is 0.279 e. The van der Waals surface area contributed by atoms with Crippen LogP contribution in [0.4, 0.5) is 0 Å². The molecule has 4 aromatic carbocycles. The number of aliphatic hydroxyl groups excluding tert-OH is 4. The monoisotopic (exact) mass is 720 g/mol. The van der Waals surface area contributed by atoms with Crippen LogP contribution in [0, 0.1) is 0 Å². The molecule has 8 rings (SSSR count). The van der Waals surface area contributed by atoms with Gasteiger partial charge in [-0.2, -0.15) is 0 Å². The molecule has 52 heavy (non-hydrogen) atoms. The van der Waals surface area contributed by atoms with Gasteiger partial charge in [0.25, 0.3) is 5.79 Å². The molecular formula is C36H32O16. The van der Waals surface area contributed by atoms with E-state index in [9.17, 15) is 55.9 Å². The van der Waals surface area contributed by atoms with Crippen molar-refractivity contribution in [2.24, 2.45) is 0 Å². The number of aliphatic hydroxyl groups is 4. The van der Waals surface area contributed by atoms with Crippen molar-refractivity contribution in [3.63, 3.8) is 0 Å². The molecule has 0 saturated carbocycles. The zero-order valence-corrected chi connectivity index (χ0v) is 26.8. The van der Waals surface area contributed by atoms with Gasteiger partial charge in [0.2, 0.25) is 6.29 Å². The van der Waals surface area contributed by atoms with E-state index in [4.69, 9.17) is 23.7 Å². The molecule has 0 amide bonds. The lowest BCUT2D eigenvalue weighted by Crippen LogP contribution is -2.60. The van der Waals surface area contributed by atoms with Crippen LogP contribution in [-0.2, 0) is 10.5 Å². The Hall–Kier alpha value is -5.65. The highest BCUT2D eigenvalue weighted by Crippen LogP contribution is 2.62. The number of Topliss-reactive ketones (excluding diaryl/α,β-unsaturated/α-hetero) is 1. The Bertz CT molecular complexity index is 2110. The summed E-state index contributed by atoms with van der Waals surface area (Å²) in [5, 5.41) is 104. The van der Waals surface area contributed by atoms with Gasteiger partial charge in [0, 0.05) is 47.2 Å². The van der Waals surface area contributed by atoms with Crippen LogP contribution >= 0.6 is 0 Å². The normalized spacial score (nSPS) is 28.7. The second kappa shape index (κ2) is 12.0. The van der Waals surface area contributed by atoms with Gasteiger partial charge in [-0.3, -0.25) is 4.79 Å². The number of carbonyl (C=O) groups is 1. The molecule has 16 heteroatoms. The minimum Gasteiger partial charge on any atom is -0.507 e. The maximum atomic E-state index is 13.6. The first-order valence-electron chi connectivity index (χ1n) is 16.1. The number of ether oxygens (including phenoxy) is 5. The van der Waals surface area contributed by atoms with E-state index in [1.165, 1.54) is 54.6 Å². The third kappa shape index (κ3) is 5.14. The largest absolute Gasteiger partial charge is 0.507 e. The highest BCUT2D eigenvalue weighted by molar-refractivity contribution is 6.03. The molecule has 0 spiro atoms. The molecule has 272 valence electrons. The number of rotatable bonds is 5. The molecule has 4 aliphatic rings. The predicted molar refractivity (Wildman–Crippen MR) is 172 cm³/mol. The summed E-state index contributed by atoms with van der Waals surface area (Å²) in [6.07, 6.45) is -9.34. The lowest BCUT2D eigenvalue weighted by molar-refractivity contribution is -0.277. The van der Waals surface area contributed by atoms with E-state index >= 15 is 0 Å². The van der Waals surface area contributed by atoms with E-state index < -0.39 is 89.7 Å². The van der Waals surface area contributed by atoms with Gasteiger partial charge in [-0.15, -0.1) is 0 Å². The molecule has 1 saturated heterocycles. The van der Waals surface area contributed by atoms with Gasteiger partial charge < -0.3 is 74.7 Å². The van der Waals surface area contributed by atoms with Crippen molar-refractivity contribution >= 4 is 5.78 Å². The summed E-state index contributed by atoms with van der Waals surface area (Å²) in [4.78, 5) is 13.6. The van der Waals surface area contributed by atoms with Crippen LogP contribution in [0.2, 0.25) is 0 Å². The number of hydrogen-bond donors (Lipinski definition) is 10. The Morgan fingerprint density at radius 1 is 0.731 bits per heavy atom. The molecule has 4 heterocycles. The first-order valence-corrected chi connectivity index (χ1v) is 16.1. The van der Waals surface area contributed by atoms with Crippen LogP contribution in [0.5, 0.6) is 57.5 Å². The first kappa shape index (κ1) is 33.5. The summed E-state index contributed by atoms with van der Waals surface area (Å²) < 4.78 is 30.5. The number of phenolic OH excluding ortho intramolecular Hbond substituents is 6. The van der Waals surface area contributed by atoms with Gasteiger partial charge in [-0.1, -0.05) is 6.07 Å². The van der Waals surface area contributed by atoms with Crippen molar-refractivity contribution in [3.05, 3.63) is 82.4 Å². The summed E-state index contributed by atoms with van der Waals surface area (Å²) in [6.45, 7) is -0.705. The van der Waals surface area contributed by atoms with Crippen molar-refractivity contribution < 1.29 is 79.5 Å². The molecule has 0 aromatic heterocycles. The van der Waals surface area contributed by atoms with Gasteiger partial charge in [0.05, 0.1) is 13.0 Å². The van der Waals surface area contributed by atoms with Crippen LogP contribution in [0.15, 0.2) is 54.6 Å². The van der Waals surface area contributed by atoms with E-state index in [1.54, 1.807) is 0 Å². The van der Waals surface area contributed by atoms with Crippen LogP contribution < -0.4 is 18.9 Å². The zero-order chi connectivity index (χ0) is 36.8. The third-order valence-corrected chi connectivity index (χ3v) is 9.87. The Balaban J connectivity index is 1.27. The Morgan fingerprint density at radius 2 is 1.42 bits per heavy atom. The fraction of sp³-hybridized carbons (Fsp3) is 0.306. The highest BCUT2D eigenvalue weighted by atomic mass is 16.7. The van der Waals surface area contributed by atoms with Gasteiger partial charge in [-0.25, -0.2) is 0 Å². The van der Waals surface area contributed by atoms with E-state index in [2.05, 4.69) is 0 Å². The zero-order valence-electron chi connectivity index (χ0n) is 26.8. The molecule has 0 aliphatic carbocycles. The summed E-state index contributed by atoms with van der Waals surface area (Å²) in [5.41, 5.74) is 0.816. The minimum atomic E-state index is -1.80. The van der Waals surface area contributed by atoms with Crippen LogP contribution in [0.3, 0.4) is 0 Å². The Labute approximate surface area is 293 Å². The average molecular weight is 721 g/mol. The lowest BCUT2D eigenvalue weighted by atomic mass is 9.76. The molecule has 4 aromatic rings. The number of phenols is 6. The van der Waals surface area contributed by atoms with E-state index in [0.29, 0.717) is 5.56 Å². The second-order valence-corrected chi connectivity index (χ2v) is 13.1. The molecule has 3 unspecified atom stereocenters. The molecular weight excluding hydrogens is 688 g/mol. The number of benzene rings is 4. The van der Waals surface area contributed by atoms with Gasteiger partial charge in [-0.05, 0) is 35.9 Å². The van der Waals surface area contributed by atoms with Crippen LogP contribution in [0.25, 0.3) is 0 Å². The van der Waals surface area contributed by atoms with Gasteiger partial charge in [0.1, 0.15) is 70.6 Å². The van der Waals surface area contributed by atoms with Gasteiger partial charge >= 0.3 is 0 Å². The second-order valence-electron chi connectivity index (χ2n) is 13.1.